The molecular formula is C28H39FN4O3SSi. The maximum atomic E-state index is 16.3. The van der Waals surface area contributed by atoms with Gasteiger partial charge in [-0.05, 0) is 60.3 Å². The SMILES string of the molecule is CCCC(C)(F)[Si](Oc1ccccc1NC(=S)CNc1ccc(C#N)c(CNC(=O)O)c1)(C(C)C)C(C)C. The molecule has 206 valence electrons. The van der Waals surface area contributed by atoms with Crippen LogP contribution in [0.25, 0.3) is 0 Å². The Balaban J connectivity index is 2.23. The Morgan fingerprint density at radius 2 is 1.87 bits per heavy atom. The number of halogens is 1. The molecule has 1 atom stereocenters. The number of para-hydroxylation sites is 2. The van der Waals surface area contributed by atoms with Crippen LogP contribution in [-0.2, 0) is 6.54 Å². The highest BCUT2D eigenvalue weighted by atomic mass is 32.1. The lowest BCUT2D eigenvalue weighted by Crippen LogP contribution is -2.63. The Morgan fingerprint density at radius 1 is 1.21 bits per heavy atom. The van der Waals surface area contributed by atoms with Gasteiger partial charge in [0, 0.05) is 12.2 Å². The molecule has 2 aromatic rings. The van der Waals surface area contributed by atoms with Gasteiger partial charge in [-0.1, -0.05) is 65.4 Å². The smallest absolute Gasteiger partial charge is 0.404 e. The molecule has 7 nitrogen and oxygen atoms in total. The van der Waals surface area contributed by atoms with Gasteiger partial charge in [-0.3, -0.25) is 0 Å². The third-order valence-electron chi connectivity index (χ3n) is 6.80. The molecule has 10 heteroatoms. The molecule has 0 aliphatic heterocycles. The summed E-state index contributed by atoms with van der Waals surface area (Å²) in [7, 11) is -2.96. The fourth-order valence-corrected chi connectivity index (χ4v) is 11.0. The lowest BCUT2D eigenvalue weighted by atomic mass is 10.1. The molecule has 0 aromatic heterocycles. The van der Waals surface area contributed by atoms with Crippen LogP contribution in [0.4, 0.5) is 20.6 Å². The molecule has 1 unspecified atom stereocenters. The number of alkyl halides is 1. The van der Waals surface area contributed by atoms with Crippen LogP contribution in [-0.4, -0.2) is 36.3 Å². The minimum Gasteiger partial charge on any atom is -0.538 e. The first kappa shape index (κ1) is 31.1. The first-order valence-corrected chi connectivity index (χ1v) is 15.4. The molecule has 0 saturated carbocycles. The van der Waals surface area contributed by atoms with E-state index < -0.39 is 19.7 Å². The highest BCUT2D eigenvalue weighted by molar-refractivity contribution is 7.80. The zero-order valence-corrected chi connectivity index (χ0v) is 24.8. The summed E-state index contributed by atoms with van der Waals surface area (Å²) in [6.45, 7) is 12.2. The van der Waals surface area contributed by atoms with Gasteiger partial charge in [-0.2, -0.15) is 5.26 Å². The molecule has 0 bridgehead atoms. The second-order valence-electron chi connectivity index (χ2n) is 10.2. The summed E-state index contributed by atoms with van der Waals surface area (Å²) in [5.74, 6) is 0.587. The van der Waals surface area contributed by atoms with Crippen molar-refractivity contribution in [2.45, 2.75) is 77.3 Å². The van der Waals surface area contributed by atoms with Gasteiger partial charge in [0.05, 0.1) is 28.9 Å². The van der Waals surface area contributed by atoms with Crippen LogP contribution in [0.5, 0.6) is 5.75 Å². The van der Waals surface area contributed by atoms with E-state index >= 15 is 4.39 Å². The molecule has 0 spiro atoms. The summed E-state index contributed by atoms with van der Waals surface area (Å²) >= 11 is 5.59. The van der Waals surface area contributed by atoms with Crippen molar-refractivity contribution in [2.24, 2.45) is 0 Å². The molecule has 38 heavy (non-hydrogen) atoms. The second-order valence-corrected chi connectivity index (χ2v) is 15.8. The van der Waals surface area contributed by atoms with Gasteiger partial charge < -0.3 is 25.5 Å². The fourth-order valence-electron chi connectivity index (χ4n) is 5.22. The van der Waals surface area contributed by atoms with Crippen molar-refractivity contribution < 1.29 is 18.7 Å². The Hall–Kier alpha value is -3.16. The van der Waals surface area contributed by atoms with E-state index in [1.807, 2.05) is 31.2 Å². The molecule has 1 amide bonds. The normalized spacial score (nSPS) is 12.9. The van der Waals surface area contributed by atoms with Gasteiger partial charge in [0.25, 0.3) is 8.32 Å². The topological polar surface area (TPSA) is 106 Å². The van der Waals surface area contributed by atoms with Crippen molar-refractivity contribution in [3.05, 3.63) is 53.6 Å². The summed E-state index contributed by atoms with van der Waals surface area (Å²) in [5.41, 5.74) is 2.41. The summed E-state index contributed by atoms with van der Waals surface area (Å²) in [6.07, 6.45) is 0.0226. The first-order valence-electron chi connectivity index (χ1n) is 12.9. The maximum absolute atomic E-state index is 16.3. The van der Waals surface area contributed by atoms with Gasteiger partial charge in [-0.25, -0.2) is 9.18 Å². The molecule has 0 aliphatic rings. The monoisotopic (exact) mass is 558 g/mol. The number of hydrogen-bond donors (Lipinski definition) is 4. The van der Waals surface area contributed by atoms with Crippen LogP contribution in [0, 0.1) is 11.3 Å². The third-order valence-corrected chi connectivity index (χ3v) is 12.9. The molecule has 0 saturated heterocycles. The zero-order chi connectivity index (χ0) is 28.5. The van der Waals surface area contributed by atoms with E-state index in [1.54, 1.807) is 25.1 Å². The van der Waals surface area contributed by atoms with Crippen LogP contribution < -0.4 is 20.4 Å². The van der Waals surface area contributed by atoms with Gasteiger partial charge in [0.2, 0.25) is 0 Å². The van der Waals surface area contributed by atoms with Crippen LogP contribution >= 0.6 is 12.2 Å². The van der Waals surface area contributed by atoms with Crippen LogP contribution in [0.1, 0.15) is 65.5 Å². The van der Waals surface area contributed by atoms with Crippen molar-refractivity contribution in [2.75, 3.05) is 17.2 Å². The molecule has 2 aromatic carbocycles. The van der Waals surface area contributed by atoms with E-state index in [-0.39, 0.29) is 24.2 Å². The fraction of sp³-hybridized carbons (Fsp3) is 0.464. The van der Waals surface area contributed by atoms with E-state index in [1.165, 1.54) is 0 Å². The number of carbonyl (C=O) groups is 1. The van der Waals surface area contributed by atoms with E-state index in [4.69, 9.17) is 21.8 Å². The average molecular weight is 559 g/mol. The highest BCUT2D eigenvalue weighted by Gasteiger charge is 2.59. The maximum Gasteiger partial charge on any atom is 0.404 e. The Bertz CT molecular complexity index is 1160. The van der Waals surface area contributed by atoms with Crippen molar-refractivity contribution in [3.63, 3.8) is 0 Å². The Kier molecular flexibility index (Phi) is 11.1. The van der Waals surface area contributed by atoms with E-state index in [2.05, 4.69) is 49.7 Å². The number of anilines is 2. The molecule has 0 aliphatic carbocycles. The van der Waals surface area contributed by atoms with Crippen molar-refractivity contribution in [1.82, 2.24) is 5.32 Å². The molecule has 4 N–H and O–H groups in total. The summed E-state index contributed by atoms with van der Waals surface area (Å²) in [6, 6.07) is 14.6. The van der Waals surface area contributed by atoms with Gasteiger partial charge in [0.1, 0.15) is 11.0 Å². The first-order chi connectivity index (χ1) is 17.9. The largest absolute Gasteiger partial charge is 0.538 e. The van der Waals surface area contributed by atoms with Crippen molar-refractivity contribution in [1.29, 1.82) is 5.26 Å². The standard InChI is InChI=1S/C28H39FN4O3SSi/c1-7-14-28(6,29)38(19(2)3,20(4)5)36-25-11-9-8-10-24(25)33-26(37)18-31-23-13-12-21(16-30)22(15-23)17-32-27(34)35/h8-13,15,19-20,31-32H,7,14,17-18H2,1-6H3,(H,33,37)(H,34,35). The number of amides is 1. The van der Waals surface area contributed by atoms with Crippen molar-refractivity contribution >= 4 is 43.0 Å². The van der Waals surface area contributed by atoms with Crippen LogP contribution in [0.15, 0.2) is 42.5 Å². The number of nitriles is 1. The van der Waals surface area contributed by atoms with Gasteiger partial charge in [0.15, 0.2) is 0 Å². The predicted octanol–water partition coefficient (Wildman–Crippen LogP) is 7.39. The van der Waals surface area contributed by atoms with Gasteiger partial charge >= 0.3 is 6.09 Å². The quantitative estimate of drug-likeness (QED) is 0.150. The molecule has 0 heterocycles. The van der Waals surface area contributed by atoms with E-state index in [9.17, 15) is 10.1 Å². The average Bonchev–Trinajstić information content (AvgIpc) is 2.85. The number of thiocarbonyl (C=S) groups is 1. The van der Waals surface area contributed by atoms with Crippen LogP contribution in [0.3, 0.4) is 0 Å². The third kappa shape index (κ3) is 7.45. The molecule has 0 radical (unpaired) electrons. The van der Waals surface area contributed by atoms with Crippen molar-refractivity contribution in [3.8, 4) is 11.8 Å². The lowest BCUT2D eigenvalue weighted by molar-refractivity contribution is 0.194. The number of nitrogens with zero attached hydrogens (tertiary/aromatic N) is 1. The number of hydrogen-bond acceptors (Lipinski definition) is 5. The zero-order valence-electron chi connectivity index (χ0n) is 23.0. The number of carboxylic acid groups (broad SMARTS) is 1. The summed E-state index contributed by atoms with van der Waals surface area (Å²) in [5, 5.41) is 25.5. The molecule has 2 rings (SSSR count). The highest BCUT2D eigenvalue weighted by Crippen LogP contribution is 2.47. The van der Waals surface area contributed by atoms with E-state index in [0.29, 0.717) is 39.7 Å². The molecule has 0 fully saturated rings. The summed E-state index contributed by atoms with van der Waals surface area (Å²) in [4.78, 5) is 11.4. The molecular weight excluding hydrogens is 519 g/mol. The summed E-state index contributed by atoms with van der Waals surface area (Å²) < 4.78 is 23.1. The predicted molar refractivity (Wildman–Crippen MR) is 158 cm³/mol. The Morgan fingerprint density at radius 3 is 2.45 bits per heavy atom. The number of benzene rings is 2. The number of rotatable bonds is 13. The van der Waals surface area contributed by atoms with Gasteiger partial charge in [-0.15, -0.1) is 0 Å². The van der Waals surface area contributed by atoms with E-state index in [0.717, 1.165) is 6.42 Å². The van der Waals surface area contributed by atoms with Crippen LogP contribution in [0.2, 0.25) is 11.1 Å². The lowest BCUT2D eigenvalue weighted by Gasteiger charge is -2.47. The minimum absolute atomic E-state index is 0.0179. The minimum atomic E-state index is -2.96. The Labute approximate surface area is 231 Å². The second kappa shape index (κ2) is 13.6. The number of nitrogens with one attached hydrogen (secondary N) is 3.